The van der Waals surface area contributed by atoms with Crippen LogP contribution >= 0.6 is 12.2 Å². The zero-order valence-corrected chi connectivity index (χ0v) is 11.6. The number of carbonyl (C=O) groups is 1. The van der Waals surface area contributed by atoms with Crippen molar-refractivity contribution in [1.29, 1.82) is 0 Å². The minimum absolute atomic E-state index is 0.278. The first-order chi connectivity index (χ1) is 8.25. The Hall–Kier alpha value is -1.69. The van der Waals surface area contributed by atoms with Gasteiger partial charge in [-0.3, -0.25) is 4.79 Å². The number of pyridine rings is 1. The average Bonchev–Trinajstić information content (AvgIpc) is 2.25. The number of thiocarbonyl (C=S) groups is 1. The van der Waals surface area contributed by atoms with Gasteiger partial charge < -0.3 is 16.8 Å². The number of hydrogen-bond donors (Lipinski definition) is 3. The molecule has 5 N–H and O–H groups in total. The Balaban J connectivity index is 2.96. The Labute approximate surface area is 112 Å². The number of aromatic nitrogens is 1. The monoisotopic (exact) mass is 266 g/mol. The SMILES string of the molecule is Cc1ccnc(NCC(C)(C)C(N)=O)c1C(N)=S. The Morgan fingerprint density at radius 3 is 2.61 bits per heavy atom. The summed E-state index contributed by atoms with van der Waals surface area (Å²) in [7, 11) is 0. The Morgan fingerprint density at radius 2 is 2.11 bits per heavy atom. The number of hydrogen-bond acceptors (Lipinski definition) is 4. The van der Waals surface area contributed by atoms with Crippen LogP contribution in [0, 0.1) is 12.3 Å². The third kappa shape index (κ3) is 3.16. The van der Waals surface area contributed by atoms with E-state index in [1.807, 2.05) is 13.0 Å². The molecule has 6 heteroatoms. The van der Waals surface area contributed by atoms with Gasteiger partial charge in [0.25, 0.3) is 0 Å². The third-order valence-corrected chi connectivity index (χ3v) is 2.97. The van der Waals surface area contributed by atoms with Gasteiger partial charge in [-0.2, -0.15) is 0 Å². The number of anilines is 1. The van der Waals surface area contributed by atoms with Crippen molar-refractivity contribution in [1.82, 2.24) is 4.98 Å². The molecule has 0 aromatic carbocycles. The summed E-state index contributed by atoms with van der Waals surface area (Å²) in [6.45, 7) is 5.80. The van der Waals surface area contributed by atoms with Crippen molar-refractivity contribution in [3.8, 4) is 0 Å². The number of aryl methyl sites for hydroxylation is 1. The van der Waals surface area contributed by atoms with Crippen LogP contribution in [0.25, 0.3) is 0 Å². The van der Waals surface area contributed by atoms with Crippen LogP contribution < -0.4 is 16.8 Å². The van der Waals surface area contributed by atoms with E-state index in [4.69, 9.17) is 23.7 Å². The molecule has 1 amide bonds. The lowest BCUT2D eigenvalue weighted by Crippen LogP contribution is -2.37. The van der Waals surface area contributed by atoms with Crippen LogP contribution in [0.1, 0.15) is 25.0 Å². The van der Waals surface area contributed by atoms with Gasteiger partial charge in [-0.1, -0.05) is 12.2 Å². The molecule has 0 bridgehead atoms. The van der Waals surface area contributed by atoms with Crippen LogP contribution in [0.2, 0.25) is 0 Å². The highest BCUT2D eigenvalue weighted by atomic mass is 32.1. The molecule has 5 nitrogen and oxygen atoms in total. The Morgan fingerprint density at radius 1 is 1.50 bits per heavy atom. The predicted octanol–water partition coefficient (Wildman–Crippen LogP) is 0.948. The molecule has 1 aromatic rings. The van der Waals surface area contributed by atoms with E-state index in [9.17, 15) is 4.79 Å². The molecule has 0 atom stereocenters. The topological polar surface area (TPSA) is 94.0 Å². The lowest BCUT2D eigenvalue weighted by atomic mass is 9.92. The van der Waals surface area contributed by atoms with Crippen molar-refractivity contribution >= 4 is 28.9 Å². The number of primary amides is 1. The van der Waals surface area contributed by atoms with Crippen molar-refractivity contribution in [2.24, 2.45) is 16.9 Å². The summed E-state index contributed by atoms with van der Waals surface area (Å²) in [5, 5.41) is 3.08. The second-order valence-electron chi connectivity index (χ2n) is 4.82. The lowest BCUT2D eigenvalue weighted by molar-refractivity contribution is -0.125. The Bertz CT molecular complexity index is 485. The molecule has 0 unspecified atom stereocenters. The molecule has 0 aliphatic carbocycles. The van der Waals surface area contributed by atoms with E-state index in [2.05, 4.69) is 10.3 Å². The van der Waals surface area contributed by atoms with Crippen molar-refractivity contribution in [2.75, 3.05) is 11.9 Å². The van der Waals surface area contributed by atoms with Crippen molar-refractivity contribution in [3.05, 3.63) is 23.4 Å². The molecule has 0 saturated carbocycles. The lowest BCUT2D eigenvalue weighted by Gasteiger charge is -2.22. The second-order valence-corrected chi connectivity index (χ2v) is 5.26. The zero-order valence-electron chi connectivity index (χ0n) is 10.8. The summed E-state index contributed by atoms with van der Waals surface area (Å²) in [5.41, 5.74) is 12.0. The maximum Gasteiger partial charge on any atom is 0.224 e. The number of nitrogens with zero attached hydrogens (tertiary/aromatic N) is 1. The summed E-state index contributed by atoms with van der Waals surface area (Å²) in [5.74, 6) is 0.205. The highest BCUT2D eigenvalue weighted by Gasteiger charge is 2.25. The predicted molar refractivity (Wildman–Crippen MR) is 76.3 cm³/mol. The van der Waals surface area contributed by atoms with Crippen LogP contribution in [-0.2, 0) is 4.79 Å². The van der Waals surface area contributed by atoms with Gasteiger partial charge in [0.1, 0.15) is 10.8 Å². The minimum Gasteiger partial charge on any atom is -0.389 e. The van der Waals surface area contributed by atoms with Crippen molar-refractivity contribution < 1.29 is 4.79 Å². The van der Waals surface area contributed by atoms with Gasteiger partial charge >= 0.3 is 0 Å². The number of amides is 1. The van der Waals surface area contributed by atoms with Crippen LogP contribution in [0.3, 0.4) is 0 Å². The first-order valence-corrected chi connectivity index (χ1v) is 5.95. The fourth-order valence-electron chi connectivity index (χ4n) is 1.40. The molecule has 18 heavy (non-hydrogen) atoms. The number of nitrogens with one attached hydrogen (secondary N) is 1. The third-order valence-electron chi connectivity index (χ3n) is 2.77. The molecule has 98 valence electrons. The summed E-state index contributed by atoms with van der Waals surface area (Å²) in [6, 6.07) is 1.83. The van der Waals surface area contributed by atoms with Gasteiger partial charge in [-0.25, -0.2) is 4.98 Å². The second kappa shape index (κ2) is 5.30. The van der Waals surface area contributed by atoms with Gasteiger partial charge in [0, 0.05) is 12.7 Å². The summed E-state index contributed by atoms with van der Waals surface area (Å²) < 4.78 is 0. The summed E-state index contributed by atoms with van der Waals surface area (Å²) >= 11 is 5.00. The van der Waals surface area contributed by atoms with Gasteiger partial charge in [0.05, 0.1) is 11.0 Å². The summed E-state index contributed by atoms with van der Waals surface area (Å²) in [6.07, 6.45) is 1.66. The van der Waals surface area contributed by atoms with Crippen molar-refractivity contribution in [3.63, 3.8) is 0 Å². The average molecular weight is 266 g/mol. The molecular weight excluding hydrogens is 248 g/mol. The molecule has 0 aliphatic heterocycles. The molecule has 0 spiro atoms. The van der Waals surface area contributed by atoms with E-state index < -0.39 is 5.41 Å². The number of rotatable bonds is 5. The molecule has 0 fully saturated rings. The number of carbonyl (C=O) groups excluding carboxylic acids is 1. The first kappa shape index (κ1) is 14.4. The van der Waals surface area contributed by atoms with Crippen LogP contribution in [-0.4, -0.2) is 22.4 Å². The smallest absolute Gasteiger partial charge is 0.224 e. The standard InChI is InChI=1S/C12H18N4OS/c1-7-4-5-15-10(8(7)9(13)18)16-6-12(2,3)11(14)17/h4-5H,6H2,1-3H3,(H2,13,18)(H2,14,17)(H,15,16). The fourth-order valence-corrected chi connectivity index (χ4v) is 1.65. The van der Waals surface area contributed by atoms with E-state index >= 15 is 0 Å². The Kier molecular flexibility index (Phi) is 4.24. The van der Waals surface area contributed by atoms with Crippen LogP contribution in [0.15, 0.2) is 12.3 Å². The molecule has 1 aromatic heterocycles. The zero-order chi connectivity index (χ0) is 13.9. The fraction of sp³-hybridized carbons (Fsp3) is 0.417. The van der Waals surface area contributed by atoms with Gasteiger partial charge in [0.15, 0.2) is 0 Å². The minimum atomic E-state index is -0.668. The van der Waals surface area contributed by atoms with E-state index in [1.165, 1.54) is 0 Å². The summed E-state index contributed by atoms with van der Waals surface area (Å²) in [4.78, 5) is 15.7. The van der Waals surface area contributed by atoms with Gasteiger partial charge in [0.2, 0.25) is 5.91 Å². The van der Waals surface area contributed by atoms with E-state index in [0.717, 1.165) is 5.56 Å². The van der Waals surface area contributed by atoms with Crippen LogP contribution in [0.5, 0.6) is 0 Å². The highest BCUT2D eigenvalue weighted by Crippen LogP contribution is 2.20. The number of nitrogens with two attached hydrogens (primary N) is 2. The maximum absolute atomic E-state index is 11.2. The molecule has 0 radical (unpaired) electrons. The van der Waals surface area contributed by atoms with Crippen molar-refractivity contribution in [2.45, 2.75) is 20.8 Å². The normalized spacial score (nSPS) is 11.1. The van der Waals surface area contributed by atoms with E-state index in [1.54, 1.807) is 20.0 Å². The first-order valence-electron chi connectivity index (χ1n) is 5.55. The molecular formula is C12H18N4OS. The van der Waals surface area contributed by atoms with Crippen LogP contribution in [0.4, 0.5) is 5.82 Å². The largest absolute Gasteiger partial charge is 0.389 e. The quantitative estimate of drug-likeness (QED) is 0.690. The highest BCUT2D eigenvalue weighted by molar-refractivity contribution is 7.80. The van der Waals surface area contributed by atoms with Gasteiger partial charge in [-0.15, -0.1) is 0 Å². The molecule has 1 rings (SSSR count). The molecule has 0 aliphatic rings. The molecule has 1 heterocycles. The van der Waals surface area contributed by atoms with E-state index in [0.29, 0.717) is 17.9 Å². The van der Waals surface area contributed by atoms with Gasteiger partial charge in [-0.05, 0) is 32.4 Å². The van der Waals surface area contributed by atoms with E-state index in [-0.39, 0.29) is 10.9 Å². The molecule has 0 saturated heterocycles. The maximum atomic E-state index is 11.2.